The molecule has 4 heteroatoms. The van der Waals surface area contributed by atoms with Gasteiger partial charge in [0.25, 0.3) is 0 Å². The molecule has 1 atom stereocenters. The van der Waals surface area contributed by atoms with Crippen molar-refractivity contribution >= 4 is 11.3 Å². The van der Waals surface area contributed by atoms with Crippen LogP contribution in [0.2, 0.25) is 0 Å². The molecular formula is C19H25N3S. The molecule has 0 saturated carbocycles. The first-order chi connectivity index (χ1) is 11.4. The highest BCUT2D eigenvalue weighted by molar-refractivity contribution is 7.09. The van der Waals surface area contributed by atoms with E-state index in [0.717, 1.165) is 18.3 Å². The van der Waals surface area contributed by atoms with Gasteiger partial charge in [0.15, 0.2) is 0 Å². The van der Waals surface area contributed by atoms with E-state index in [0.29, 0.717) is 0 Å². The lowest BCUT2D eigenvalue weighted by molar-refractivity contribution is 0.110. The van der Waals surface area contributed by atoms with E-state index in [9.17, 15) is 0 Å². The van der Waals surface area contributed by atoms with Gasteiger partial charge in [0, 0.05) is 23.5 Å². The van der Waals surface area contributed by atoms with E-state index in [2.05, 4.69) is 45.5 Å². The lowest BCUT2D eigenvalue weighted by Gasteiger charge is -2.37. The molecule has 3 heterocycles. The molecule has 3 nitrogen and oxygen atoms in total. The molecular weight excluding hydrogens is 302 g/mol. The fourth-order valence-electron chi connectivity index (χ4n) is 3.90. The van der Waals surface area contributed by atoms with Crippen LogP contribution in [0.15, 0.2) is 35.7 Å². The van der Waals surface area contributed by atoms with Gasteiger partial charge in [-0.05, 0) is 45.3 Å². The molecule has 23 heavy (non-hydrogen) atoms. The first-order valence-electron chi connectivity index (χ1n) is 8.85. The number of thiazole rings is 1. The third-order valence-corrected chi connectivity index (χ3v) is 5.95. The molecule has 4 rings (SSSR count). The molecule has 1 unspecified atom stereocenters. The van der Waals surface area contributed by atoms with Gasteiger partial charge in [-0.3, -0.25) is 9.80 Å². The van der Waals surface area contributed by atoms with Crippen molar-refractivity contribution in [2.24, 2.45) is 0 Å². The van der Waals surface area contributed by atoms with Crippen molar-refractivity contribution in [2.75, 3.05) is 26.2 Å². The lowest BCUT2D eigenvalue weighted by Crippen LogP contribution is -2.46. The van der Waals surface area contributed by atoms with Gasteiger partial charge in [-0.15, -0.1) is 11.3 Å². The molecule has 0 aliphatic carbocycles. The first kappa shape index (κ1) is 15.3. The van der Waals surface area contributed by atoms with Crippen LogP contribution in [0.4, 0.5) is 0 Å². The summed E-state index contributed by atoms with van der Waals surface area (Å²) in [5.74, 6) is 0. The Kier molecular flexibility index (Phi) is 4.74. The number of benzene rings is 1. The Morgan fingerprint density at radius 1 is 1.04 bits per heavy atom. The van der Waals surface area contributed by atoms with Crippen LogP contribution in [0.3, 0.4) is 0 Å². The Morgan fingerprint density at radius 3 is 2.70 bits per heavy atom. The summed E-state index contributed by atoms with van der Waals surface area (Å²) in [6.45, 7) is 6.09. The average molecular weight is 327 g/mol. The number of rotatable bonds is 4. The quantitative estimate of drug-likeness (QED) is 0.850. The van der Waals surface area contributed by atoms with Crippen LogP contribution in [-0.4, -0.2) is 47.0 Å². The van der Waals surface area contributed by atoms with Gasteiger partial charge in [0.05, 0.1) is 12.2 Å². The van der Waals surface area contributed by atoms with Crippen LogP contribution in [-0.2, 0) is 6.54 Å². The second-order valence-electron chi connectivity index (χ2n) is 6.77. The van der Waals surface area contributed by atoms with Gasteiger partial charge >= 0.3 is 0 Å². The summed E-state index contributed by atoms with van der Waals surface area (Å²) in [7, 11) is 0. The largest absolute Gasteiger partial charge is 0.299 e. The second kappa shape index (κ2) is 7.12. The minimum absolute atomic E-state index is 0.778. The van der Waals surface area contributed by atoms with Gasteiger partial charge in [0.2, 0.25) is 0 Å². The van der Waals surface area contributed by atoms with E-state index in [-0.39, 0.29) is 0 Å². The topological polar surface area (TPSA) is 19.4 Å². The van der Waals surface area contributed by atoms with Crippen LogP contribution in [0.1, 0.15) is 30.7 Å². The predicted octanol–water partition coefficient (Wildman–Crippen LogP) is 3.87. The summed E-state index contributed by atoms with van der Waals surface area (Å²) in [6, 6.07) is 11.3. The van der Waals surface area contributed by atoms with Crippen LogP contribution < -0.4 is 0 Å². The van der Waals surface area contributed by atoms with Gasteiger partial charge < -0.3 is 0 Å². The molecule has 2 aromatic rings. The zero-order valence-electron chi connectivity index (χ0n) is 13.7. The monoisotopic (exact) mass is 327 g/mol. The van der Waals surface area contributed by atoms with Gasteiger partial charge in [0.1, 0.15) is 5.01 Å². The second-order valence-corrected chi connectivity index (χ2v) is 7.71. The Morgan fingerprint density at radius 2 is 1.87 bits per heavy atom. The molecule has 2 aliphatic rings. The summed E-state index contributed by atoms with van der Waals surface area (Å²) in [6.07, 6.45) is 5.49. The minimum Gasteiger partial charge on any atom is -0.299 e. The van der Waals surface area contributed by atoms with Crippen LogP contribution in [0.25, 0.3) is 11.3 Å². The first-order valence-corrected chi connectivity index (χ1v) is 9.73. The maximum Gasteiger partial charge on any atom is 0.107 e. The summed E-state index contributed by atoms with van der Waals surface area (Å²) in [5, 5.41) is 3.46. The van der Waals surface area contributed by atoms with Crippen LogP contribution in [0.5, 0.6) is 0 Å². The molecule has 1 aromatic heterocycles. The molecule has 0 amide bonds. The zero-order chi connectivity index (χ0) is 15.5. The molecule has 122 valence electrons. The molecule has 2 aliphatic heterocycles. The molecule has 1 aromatic carbocycles. The number of likely N-dealkylation sites (tertiary alicyclic amines) is 2. The number of aromatic nitrogens is 1. The summed E-state index contributed by atoms with van der Waals surface area (Å²) in [5.41, 5.74) is 2.35. The van der Waals surface area contributed by atoms with Crippen molar-refractivity contribution in [3.63, 3.8) is 0 Å². The normalized spacial score (nSPS) is 23.4. The zero-order valence-corrected chi connectivity index (χ0v) is 14.5. The van der Waals surface area contributed by atoms with E-state index in [1.54, 1.807) is 11.3 Å². The highest BCUT2D eigenvalue weighted by atomic mass is 32.1. The van der Waals surface area contributed by atoms with E-state index >= 15 is 0 Å². The molecule has 0 spiro atoms. The highest BCUT2D eigenvalue weighted by Gasteiger charge is 2.27. The molecule has 2 fully saturated rings. The van der Waals surface area contributed by atoms with Crippen LogP contribution in [0, 0.1) is 0 Å². The van der Waals surface area contributed by atoms with E-state index in [4.69, 9.17) is 4.98 Å². The Labute approximate surface area is 143 Å². The standard InChI is InChI=1S/C19H25N3S/c1-2-7-16(8-3-1)18-15-23-19(20-18)14-21-10-6-9-17(13-21)22-11-4-5-12-22/h1-3,7-8,15,17H,4-6,9-14H2. The van der Waals surface area contributed by atoms with E-state index in [1.165, 1.54) is 62.4 Å². The number of hydrogen-bond donors (Lipinski definition) is 0. The Balaban J connectivity index is 1.39. The molecule has 2 saturated heterocycles. The average Bonchev–Trinajstić information content (AvgIpc) is 3.28. The third kappa shape index (κ3) is 3.65. The van der Waals surface area contributed by atoms with Crippen molar-refractivity contribution in [3.8, 4) is 11.3 Å². The predicted molar refractivity (Wildman–Crippen MR) is 96.7 cm³/mol. The van der Waals surface area contributed by atoms with Crippen molar-refractivity contribution in [1.82, 2.24) is 14.8 Å². The Hall–Kier alpha value is -1.23. The number of nitrogens with zero attached hydrogens (tertiary/aromatic N) is 3. The molecule has 0 N–H and O–H groups in total. The summed E-state index contributed by atoms with van der Waals surface area (Å²) in [4.78, 5) is 10.2. The van der Waals surface area contributed by atoms with E-state index < -0.39 is 0 Å². The smallest absolute Gasteiger partial charge is 0.107 e. The fourth-order valence-corrected chi connectivity index (χ4v) is 4.74. The lowest BCUT2D eigenvalue weighted by atomic mass is 10.0. The van der Waals surface area contributed by atoms with Crippen molar-refractivity contribution in [2.45, 2.75) is 38.3 Å². The van der Waals surface area contributed by atoms with Crippen LogP contribution >= 0.6 is 11.3 Å². The molecule has 0 bridgehead atoms. The number of hydrogen-bond acceptors (Lipinski definition) is 4. The minimum atomic E-state index is 0.778. The number of piperidine rings is 1. The van der Waals surface area contributed by atoms with Gasteiger partial charge in [-0.1, -0.05) is 30.3 Å². The Bertz CT molecular complexity index is 619. The highest BCUT2D eigenvalue weighted by Crippen LogP contribution is 2.25. The SMILES string of the molecule is c1ccc(-c2csc(CN3CCCC(N4CCCC4)C3)n2)cc1. The van der Waals surface area contributed by atoms with E-state index in [1.807, 2.05) is 0 Å². The van der Waals surface area contributed by atoms with Crippen molar-refractivity contribution < 1.29 is 0 Å². The fraction of sp³-hybridized carbons (Fsp3) is 0.526. The third-order valence-electron chi connectivity index (χ3n) is 5.12. The van der Waals surface area contributed by atoms with Crippen molar-refractivity contribution in [3.05, 3.63) is 40.7 Å². The maximum absolute atomic E-state index is 4.86. The maximum atomic E-state index is 4.86. The molecule has 0 radical (unpaired) electrons. The van der Waals surface area contributed by atoms with Gasteiger partial charge in [-0.25, -0.2) is 4.98 Å². The van der Waals surface area contributed by atoms with Gasteiger partial charge in [-0.2, -0.15) is 0 Å². The summed E-state index contributed by atoms with van der Waals surface area (Å²) < 4.78 is 0. The van der Waals surface area contributed by atoms with Crippen molar-refractivity contribution in [1.29, 1.82) is 0 Å². The summed E-state index contributed by atoms with van der Waals surface area (Å²) >= 11 is 1.81.